The molecule has 2 heterocycles. The van der Waals surface area contributed by atoms with Crippen LogP contribution >= 0.6 is 0 Å². The number of pyridine rings is 1. The fourth-order valence-corrected chi connectivity index (χ4v) is 2.53. The number of benzene rings is 1. The third-order valence-corrected chi connectivity index (χ3v) is 3.95. The second-order valence-electron chi connectivity index (χ2n) is 6.84. The third-order valence-electron chi connectivity index (χ3n) is 3.95. The molecule has 24 heavy (non-hydrogen) atoms. The number of hydrogen-bond donors (Lipinski definition) is 2. The number of carbonyl (C=O) groups excluding carboxylic acids is 1. The molecule has 2 amide bonds. The summed E-state index contributed by atoms with van der Waals surface area (Å²) in [6, 6.07) is 13.6. The quantitative estimate of drug-likeness (QED) is 0.767. The molecule has 0 radical (unpaired) electrons. The van der Waals surface area contributed by atoms with E-state index in [1.54, 1.807) is 10.7 Å². The molecule has 0 aliphatic carbocycles. The van der Waals surface area contributed by atoms with E-state index in [9.17, 15) is 4.79 Å². The van der Waals surface area contributed by atoms with Gasteiger partial charge in [-0.15, -0.1) is 0 Å². The first-order valence-electron chi connectivity index (χ1n) is 8.00. The molecule has 0 aliphatic heterocycles. The largest absolute Gasteiger partial charge is 0.334 e. The summed E-state index contributed by atoms with van der Waals surface area (Å²) in [5.41, 5.74) is 4.09. The van der Waals surface area contributed by atoms with Crippen molar-refractivity contribution >= 4 is 17.2 Å². The zero-order chi connectivity index (χ0) is 17.2. The van der Waals surface area contributed by atoms with Gasteiger partial charge in [0.15, 0.2) is 0 Å². The first-order chi connectivity index (χ1) is 11.4. The summed E-state index contributed by atoms with van der Waals surface area (Å²) in [6.45, 7) is 6.93. The van der Waals surface area contributed by atoms with Gasteiger partial charge in [0.2, 0.25) is 0 Å². The maximum Gasteiger partial charge on any atom is 0.319 e. The molecule has 0 saturated heterocycles. The van der Waals surface area contributed by atoms with Crippen molar-refractivity contribution in [1.29, 1.82) is 0 Å². The molecule has 3 rings (SSSR count). The number of anilines is 1. The molecule has 5 nitrogen and oxygen atoms in total. The molecular weight excluding hydrogens is 300 g/mol. The number of amides is 2. The predicted molar refractivity (Wildman–Crippen MR) is 96.2 cm³/mol. The maximum absolute atomic E-state index is 12.1. The van der Waals surface area contributed by atoms with E-state index in [0.29, 0.717) is 6.54 Å². The van der Waals surface area contributed by atoms with Crippen LogP contribution in [0.15, 0.2) is 54.9 Å². The van der Waals surface area contributed by atoms with Gasteiger partial charge < -0.3 is 10.6 Å². The summed E-state index contributed by atoms with van der Waals surface area (Å²) >= 11 is 0. The van der Waals surface area contributed by atoms with Crippen LogP contribution in [0.2, 0.25) is 0 Å². The van der Waals surface area contributed by atoms with Crippen LogP contribution in [-0.2, 0) is 12.0 Å². The van der Waals surface area contributed by atoms with Gasteiger partial charge in [0.05, 0.1) is 11.7 Å². The van der Waals surface area contributed by atoms with E-state index >= 15 is 0 Å². The van der Waals surface area contributed by atoms with Gasteiger partial charge in [0.25, 0.3) is 0 Å². The van der Waals surface area contributed by atoms with E-state index in [1.165, 1.54) is 5.56 Å². The van der Waals surface area contributed by atoms with Gasteiger partial charge in [-0.25, -0.2) is 9.31 Å². The van der Waals surface area contributed by atoms with Gasteiger partial charge in [0.1, 0.15) is 0 Å². The summed E-state index contributed by atoms with van der Waals surface area (Å²) in [6.07, 6.45) is 3.66. The van der Waals surface area contributed by atoms with Gasteiger partial charge in [-0.3, -0.25) is 0 Å². The monoisotopic (exact) mass is 322 g/mol. The number of carbonyl (C=O) groups is 1. The second-order valence-corrected chi connectivity index (χ2v) is 6.84. The van der Waals surface area contributed by atoms with Crippen molar-refractivity contribution in [2.45, 2.75) is 32.7 Å². The minimum Gasteiger partial charge on any atom is -0.334 e. The van der Waals surface area contributed by atoms with Crippen molar-refractivity contribution in [3.8, 4) is 0 Å². The number of aromatic nitrogens is 2. The summed E-state index contributed by atoms with van der Waals surface area (Å²) < 4.78 is 1.79. The van der Waals surface area contributed by atoms with Crippen LogP contribution in [0.1, 0.15) is 31.9 Å². The predicted octanol–water partition coefficient (Wildman–Crippen LogP) is 3.95. The third kappa shape index (κ3) is 3.56. The molecule has 0 spiro atoms. The molecule has 0 fully saturated rings. The number of urea groups is 1. The van der Waals surface area contributed by atoms with Gasteiger partial charge >= 0.3 is 6.03 Å². The second kappa shape index (κ2) is 6.35. The average Bonchev–Trinajstić information content (AvgIpc) is 2.96. The van der Waals surface area contributed by atoms with Crippen LogP contribution in [0.4, 0.5) is 10.5 Å². The van der Waals surface area contributed by atoms with Gasteiger partial charge in [-0.05, 0) is 35.2 Å². The molecular formula is C19H22N4O. The minimum absolute atomic E-state index is 0.101. The van der Waals surface area contributed by atoms with Crippen molar-refractivity contribution < 1.29 is 4.79 Å². The molecule has 0 unspecified atom stereocenters. The topological polar surface area (TPSA) is 58.4 Å². The molecule has 3 aromatic rings. The van der Waals surface area contributed by atoms with Crippen molar-refractivity contribution in [2.75, 3.05) is 5.32 Å². The highest BCUT2D eigenvalue weighted by Gasteiger charge is 2.13. The van der Waals surface area contributed by atoms with Crippen LogP contribution in [-0.4, -0.2) is 15.6 Å². The van der Waals surface area contributed by atoms with E-state index in [4.69, 9.17) is 0 Å². The Morgan fingerprint density at radius 1 is 1.12 bits per heavy atom. The normalized spacial score (nSPS) is 11.5. The van der Waals surface area contributed by atoms with Crippen LogP contribution < -0.4 is 10.6 Å². The van der Waals surface area contributed by atoms with Crippen LogP contribution in [0.5, 0.6) is 0 Å². The molecule has 1 aromatic carbocycles. The minimum atomic E-state index is -0.228. The van der Waals surface area contributed by atoms with Crippen LogP contribution in [0.3, 0.4) is 0 Å². The molecule has 2 N–H and O–H groups in total. The first-order valence-corrected chi connectivity index (χ1v) is 8.00. The lowest BCUT2D eigenvalue weighted by atomic mass is 9.87. The Kier molecular flexibility index (Phi) is 4.25. The van der Waals surface area contributed by atoms with E-state index in [1.807, 2.05) is 48.7 Å². The summed E-state index contributed by atoms with van der Waals surface area (Å²) in [5, 5.41) is 9.98. The van der Waals surface area contributed by atoms with Crippen LogP contribution in [0.25, 0.3) is 5.52 Å². The zero-order valence-electron chi connectivity index (χ0n) is 14.2. The number of hydrogen-bond acceptors (Lipinski definition) is 2. The molecule has 0 saturated carbocycles. The lowest BCUT2D eigenvalue weighted by molar-refractivity contribution is 0.252. The molecule has 124 valence electrons. The number of rotatable bonds is 3. The Morgan fingerprint density at radius 3 is 2.58 bits per heavy atom. The number of fused-ring (bicyclic) bond motifs is 1. The SMILES string of the molecule is CC(C)(C)c1ccc(NC(=O)NCc2cnn3ccccc23)cc1. The lowest BCUT2D eigenvalue weighted by Crippen LogP contribution is -2.28. The number of nitrogens with one attached hydrogen (secondary N) is 2. The van der Waals surface area contributed by atoms with Crippen molar-refractivity contribution in [2.24, 2.45) is 0 Å². The smallest absolute Gasteiger partial charge is 0.319 e. The number of nitrogens with zero attached hydrogens (tertiary/aromatic N) is 2. The fraction of sp³-hybridized carbons (Fsp3) is 0.263. The fourth-order valence-electron chi connectivity index (χ4n) is 2.53. The molecule has 5 heteroatoms. The Hall–Kier alpha value is -2.82. The van der Waals surface area contributed by atoms with Crippen molar-refractivity contribution in [3.63, 3.8) is 0 Å². The van der Waals surface area contributed by atoms with Crippen molar-refractivity contribution in [3.05, 3.63) is 66.0 Å². The summed E-state index contributed by atoms with van der Waals surface area (Å²) in [4.78, 5) is 12.1. The maximum atomic E-state index is 12.1. The lowest BCUT2D eigenvalue weighted by Gasteiger charge is -2.19. The van der Waals surface area contributed by atoms with Crippen molar-refractivity contribution in [1.82, 2.24) is 14.9 Å². The van der Waals surface area contributed by atoms with E-state index in [-0.39, 0.29) is 11.4 Å². The highest BCUT2D eigenvalue weighted by atomic mass is 16.2. The highest BCUT2D eigenvalue weighted by Crippen LogP contribution is 2.23. The van der Waals surface area contributed by atoms with Gasteiger partial charge in [-0.2, -0.15) is 5.10 Å². The molecule has 0 bridgehead atoms. The standard InChI is InChI=1S/C19H22N4O/c1-19(2,3)15-7-9-16(10-8-15)22-18(24)20-12-14-13-21-23-11-5-4-6-17(14)23/h4-11,13H,12H2,1-3H3,(H2,20,22,24). The van der Waals surface area contributed by atoms with Gasteiger partial charge in [-0.1, -0.05) is 39.0 Å². The van der Waals surface area contributed by atoms with Gasteiger partial charge in [0, 0.05) is 24.0 Å². The van der Waals surface area contributed by atoms with E-state index < -0.39 is 0 Å². The Morgan fingerprint density at radius 2 is 1.88 bits per heavy atom. The molecule has 0 aliphatic rings. The zero-order valence-corrected chi connectivity index (χ0v) is 14.2. The first kappa shape index (κ1) is 16.1. The highest BCUT2D eigenvalue weighted by molar-refractivity contribution is 5.89. The van der Waals surface area contributed by atoms with E-state index in [0.717, 1.165) is 16.8 Å². The Bertz CT molecular complexity index is 844. The molecule has 0 atom stereocenters. The Balaban J connectivity index is 1.60. The average molecular weight is 322 g/mol. The Labute approximate surface area is 141 Å². The van der Waals surface area contributed by atoms with Crippen LogP contribution in [0, 0.1) is 0 Å². The molecule has 2 aromatic heterocycles. The summed E-state index contributed by atoms with van der Waals surface area (Å²) in [5.74, 6) is 0. The van der Waals surface area contributed by atoms with E-state index in [2.05, 4.69) is 36.5 Å². The summed E-state index contributed by atoms with van der Waals surface area (Å²) in [7, 11) is 0.